The largest absolute Gasteiger partial charge is 0.492 e. The highest BCUT2D eigenvalue weighted by molar-refractivity contribution is 7.79. The molecule has 1 N–H and O–H groups in total. The van der Waals surface area contributed by atoms with Gasteiger partial charge >= 0.3 is 0 Å². The maximum atomic E-state index is 11.1. The molecule has 4 rings (SSSR count). The van der Waals surface area contributed by atoms with E-state index >= 15 is 0 Å². The van der Waals surface area contributed by atoms with E-state index in [1.54, 1.807) is 0 Å². The van der Waals surface area contributed by atoms with Crippen molar-refractivity contribution in [3.63, 3.8) is 0 Å². The van der Waals surface area contributed by atoms with Crippen LogP contribution >= 0.6 is 0 Å². The van der Waals surface area contributed by atoms with E-state index in [1.165, 1.54) is 0 Å². The number of ether oxygens (including phenoxy) is 2. The van der Waals surface area contributed by atoms with Gasteiger partial charge in [-0.25, -0.2) is 4.21 Å². The van der Waals surface area contributed by atoms with E-state index in [1.807, 2.05) is 60.7 Å². The van der Waals surface area contributed by atoms with Crippen molar-refractivity contribution in [2.45, 2.75) is 5.92 Å². The maximum absolute atomic E-state index is 11.1. The van der Waals surface area contributed by atoms with Crippen LogP contribution in [-0.4, -0.2) is 21.1 Å². The monoisotopic (exact) mass is 366 g/mol. The molecular weight excluding hydrogens is 348 g/mol. The molecule has 1 aliphatic rings. The topological polar surface area (TPSA) is 55.8 Å². The van der Waals surface area contributed by atoms with E-state index in [0.29, 0.717) is 12.4 Å². The molecule has 0 spiro atoms. The normalized spacial score (nSPS) is 16.6. The van der Waals surface area contributed by atoms with Crippen LogP contribution in [0.15, 0.2) is 72.8 Å². The Hall–Kier alpha value is -2.63. The first-order valence-corrected chi connectivity index (χ1v) is 9.64. The summed E-state index contributed by atoms with van der Waals surface area (Å²) in [7, 11) is 0. The molecule has 0 bridgehead atoms. The Labute approximate surface area is 154 Å². The van der Waals surface area contributed by atoms with Crippen molar-refractivity contribution in [1.82, 2.24) is 0 Å². The molecule has 132 valence electrons. The van der Waals surface area contributed by atoms with Crippen LogP contribution in [0.4, 0.5) is 0 Å². The second-order valence-electron chi connectivity index (χ2n) is 6.19. The van der Waals surface area contributed by atoms with Gasteiger partial charge in [0.2, 0.25) is 0 Å². The van der Waals surface area contributed by atoms with Gasteiger partial charge in [-0.2, -0.15) is 0 Å². The third kappa shape index (κ3) is 3.64. The fourth-order valence-corrected chi connectivity index (χ4v) is 3.76. The zero-order chi connectivity index (χ0) is 17.9. The summed E-state index contributed by atoms with van der Waals surface area (Å²) in [5.74, 6) is 2.28. The minimum absolute atomic E-state index is 0.0497. The van der Waals surface area contributed by atoms with Gasteiger partial charge in [-0.05, 0) is 29.3 Å². The Bertz CT molecular complexity index is 940. The number of rotatable bonds is 5. The molecule has 3 aromatic rings. The molecule has 0 saturated heterocycles. The molecule has 2 atom stereocenters. The highest BCUT2D eigenvalue weighted by Crippen LogP contribution is 2.38. The van der Waals surface area contributed by atoms with Crippen molar-refractivity contribution in [2.24, 2.45) is 0 Å². The number of fused-ring (bicyclic) bond motifs is 1. The van der Waals surface area contributed by atoms with E-state index < -0.39 is 11.1 Å². The summed E-state index contributed by atoms with van der Waals surface area (Å²) in [6, 6.07) is 23.7. The van der Waals surface area contributed by atoms with Crippen LogP contribution in [0.3, 0.4) is 0 Å². The predicted molar refractivity (Wildman–Crippen MR) is 102 cm³/mol. The fourth-order valence-electron chi connectivity index (χ4n) is 3.14. The first-order chi connectivity index (χ1) is 12.7. The first kappa shape index (κ1) is 16.8. The number of hydrogen-bond donors (Lipinski definition) is 1. The number of benzene rings is 3. The molecule has 4 nitrogen and oxygen atoms in total. The standard InChI is InChI=1S/C21H18O4S/c22-26(23)14-17-13-24-21-12-19(9-10-20(17)21)25-18-8-4-7-16(11-18)15-5-2-1-3-6-15/h1-12,17H,13-14H2,(H,22,23). The second kappa shape index (κ2) is 7.32. The molecule has 3 aromatic carbocycles. The van der Waals surface area contributed by atoms with Gasteiger partial charge in [0.15, 0.2) is 11.1 Å². The van der Waals surface area contributed by atoms with Gasteiger partial charge in [-0.15, -0.1) is 0 Å². The minimum Gasteiger partial charge on any atom is -0.492 e. The summed E-state index contributed by atoms with van der Waals surface area (Å²) in [5.41, 5.74) is 3.18. The summed E-state index contributed by atoms with van der Waals surface area (Å²) in [6.07, 6.45) is 0. The molecule has 1 aliphatic heterocycles. The molecule has 0 radical (unpaired) electrons. The van der Waals surface area contributed by atoms with Crippen molar-refractivity contribution in [3.8, 4) is 28.4 Å². The lowest BCUT2D eigenvalue weighted by molar-refractivity contribution is 0.336. The van der Waals surface area contributed by atoms with Gasteiger partial charge in [0, 0.05) is 17.5 Å². The lowest BCUT2D eigenvalue weighted by Crippen LogP contribution is -2.10. The van der Waals surface area contributed by atoms with Gasteiger partial charge in [0.25, 0.3) is 0 Å². The highest BCUT2D eigenvalue weighted by Gasteiger charge is 2.26. The Morgan fingerprint density at radius 1 is 0.962 bits per heavy atom. The van der Waals surface area contributed by atoms with E-state index in [0.717, 1.165) is 28.2 Å². The average molecular weight is 366 g/mol. The average Bonchev–Trinajstić information content (AvgIpc) is 3.04. The first-order valence-electron chi connectivity index (χ1n) is 8.36. The van der Waals surface area contributed by atoms with Crippen LogP contribution in [0.25, 0.3) is 11.1 Å². The van der Waals surface area contributed by atoms with Gasteiger partial charge in [0.1, 0.15) is 17.2 Å². The van der Waals surface area contributed by atoms with Gasteiger partial charge in [-0.1, -0.05) is 48.5 Å². The third-order valence-electron chi connectivity index (χ3n) is 4.39. The lowest BCUT2D eigenvalue weighted by atomic mass is 10.0. The third-order valence-corrected chi connectivity index (χ3v) is 5.07. The number of hydrogen-bond acceptors (Lipinski definition) is 3. The van der Waals surface area contributed by atoms with Gasteiger partial charge in [-0.3, -0.25) is 0 Å². The van der Waals surface area contributed by atoms with Crippen molar-refractivity contribution >= 4 is 11.1 Å². The van der Waals surface area contributed by atoms with Crippen molar-refractivity contribution in [3.05, 3.63) is 78.4 Å². The molecule has 0 amide bonds. The molecule has 26 heavy (non-hydrogen) atoms. The second-order valence-corrected chi connectivity index (χ2v) is 7.17. The van der Waals surface area contributed by atoms with Crippen molar-refractivity contribution in [2.75, 3.05) is 12.4 Å². The molecule has 5 heteroatoms. The zero-order valence-electron chi connectivity index (χ0n) is 14.0. The summed E-state index contributed by atoms with van der Waals surface area (Å²) < 4.78 is 31.8. The van der Waals surface area contributed by atoms with Gasteiger partial charge in [0.05, 0.1) is 12.4 Å². The van der Waals surface area contributed by atoms with E-state index in [4.69, 9.17) is 14.0 Å². The Balaban J connectivity index is 1.55. The Morgan fingerprint density at radius 3 is 2.54 bits per heavy atom. The molecule has 2 unspecified atom stereocenters. The van der Waals surface area contributed by atoms with Crippen molar-refractivity contribution in [1.29, 1.82) is 0 Å². The van der Waals surface area contributed by atoms with Crippen LogP contribution in [-0.2, 0) is 11.1 Å². The van der Waals surface area contributed by atoms with E-state index in [-0.39, 0.29) is 11.7 Å². The summed E-state index contributed by atoms with van der Waals surface area (Å²) in [4.78, 5) is 0. The SMILES string of the molecule is O=S(O)CC1COc2cc(Oc3cccc(-c4ccccc4)c3)ccc21. The smallest absolute Gasteiger partial charge is 0.153 e. The van der Waals surface area contributed by atoms with Crippen molar-refractivity contribution < 1.29 is 18.2 Å². The minimum atomic E-state index is -1.83. The van der Waals surface area contributed by atoms with Crippen LogP contribution in [0.2, 0.25) is 0 Å². The molecular formula is C21H18O4S. The zero-order valence-corrected chi connectivity index (χ0v) is 14.8. The Kier molecular flexibility index (Phi) is 4.73. The van der Waals surface area contributed by atoms with E-state index in [9.17, 15) is 4.21 Å². The van der Waals surface area contributed by atoms with E-state index in [2.05, 4.69) is 12.1 Å². The van der Waals surface area contributed by atoms with Crippen LogP contribution < -0.4 is 9.47 Å². The van der Waals surface area contributed by atoms with Crippen LogP contribution in [0, 0.1) is 0 Å². The summed E-state index contributed by atoms with van der Waals surface area (Å²) >= 11 is -1.83. The highest BCUT2D eigenvalue weighted by atomic mass is 32.2. The molecule has 0 aliphatic carbocycles. The maximum Gasteiger partial charge on any atom is 0.153 e. The fraction of sp³-hybridized carbons (Fsp3) is 0.143. The summed E-state index contributed by atoms with van der Waals surface area (Å²) in [6.45, 7) is 0.425. The molecule has 0 fully saturated rings. The van der Waals surface area contributed by atoms with Gasteiger partial charge < -0.3 is 14.0 Å². The molecule has 1 heterocycles. The molecule has 0 aromatic heterocycles. The van der Waals surface area contributed by atoms with Crippen LogP contribution in [0.5, 0.6) is 17.2 Å². The van der Waals surface area contributed by atoms with Crippen LogP contribution in [0.1, 0.15) is 11.5 Å². The predicted octanol–water partition coefficient (Wildman–Crippen LogP) is 4.84. The molecule has 0 saturated carbocycles. The lowest BCUT2D eigenvalue weighted by Gasteiger charge is -2.10. The quantitative estimate of drug-likeness (QED) is 0.656. The summed E-state index contributed by atoms with van der Waals surface area (Å²) in [5, 5.41) is 0. The Morgan fingerprint density at radius 2 is 1.73 bits per heavy atom.